The summed E-state index contributed by atoms with van der Waals surface area (Å²) in [6, 6.07) is 0.474. The fraction of sp³-hybridized carbons (Fsp3) is 1.00. The van der Waals surface area contributed by atoms with Crippen LogP contribution in [0.2, 0.25) is 0 Å². The van der Waals surface area contributed by atoms with E-state index in [1.807, 2.05) is 0 Å². The Labute approximate surface area is 98.1 Å². The second-order valence-corrected chi connectivity index (χ2v) is 6.51. The highest BCUT2D eigenvalue weighted by molar-refractivity contribution is 7.89. The SMILES string of the molecule is CC(C)N1CCN(S(=O)(=O)CCCO)CC1. The molecule has 1 fully saturated rings. The van der Waals surface area contributed by atoms with Crippen molar-refractivity contribution in [3.8, 4) is 0 Å². The van der Waals surface area contributed by atoms with Crippen molar-refractivity contribution in [1.82, 2.24) is 9.21 Å². The van der Waals surface area contributed by atoms with E-state index in [9.17, 15) is 8.42 Å². The van der Waals surface area contributed by atoms with Crippen LogP contribution in [0.15, 0.2) is 0 Å². The van der Waals surface area contributed by atoms with Crippen LogP contribution < -0.4 is 0 Å². The van der Waals surface area contributed by atoms with E-state index in [2.05, 4.69) is 18.7 Å². The van der Waals surface area contributed by atoms with E-state index in [0.29, 0.717) is 25.6 Å². The molecule has 1 saturated heterocycles. The Morgan fingerprint density at radius 3 is 2.19 bits per heavy atom. The number of hydrogen-bond donors (Lipinski definition) is 1. The van der Waals surface area contributed by atoms with Crippen LogP contribution in [0.5, 0.6) is 0 Å². The summed E-state index contributed by atoms with van der Waals surface area (Å²) in [5, 5.41) is 8.65. The maximum absolute atomic E-state index is 11.8. The van der Waals surface area contributed by atoms with Crippen molar-refractivity contribution < 1.29 is 13.5 Å². The summed E-state index contributed by atoms with van der Waals surface area (Å²) in [5.74, 6) is 0.0607. The summed E-state index contributed by atoms with van der Waals surface area (Å²) >= 11 is 0. The molecule has 1 rings (SSSR count). The molecule has 0 amide bonds. The molecule has 0 radical (unpaired) electrons. The average molecular weight is 250 g/mol. The van der Waals surface area contributed by atoms with E-state index in [4.69, 9.17) is 5.11 Å². The van der Waals surface area contributed by atoms with Gasteiger partial charge in [-0.2, -0.15) is 4.31 Å². The molecule has 5 nitrogen and oxygen atoms in total. The first kappa shape index (κ1) is 13.9. The van der Waals surface area contributed by atoms with Gasteiger partial charge in [0, 0.05) is 38.8 Å². The van der Waals surface area contributed by atoms with Crippen LogP contribution in [0.3, 0.4) is 0 Å². The first-order valence-electron chi connectivity index (χ1n) is 5.80. The van der Waals surface area contributed by atoms with E-state index in [1.165, 1.54) is 0 Å². The van der Waals surface area contributed by atoms with E-state index in [-0.39, 0.29) is 12.4 Å². The van der Waals surface area contributed by atoms with E-state index in [0.717, 1.165) is 13.1 Å². The average Bonchev–Trinajstić information content (AvgIpc) is 2.26. The van der Waals surface area contributed by atoms with Gasteiger partial charge in [-0.3, -0.25) is 4.90 Å². The highest BCUT2D eigenvalue weighted by atomic mass is 32.2. The maximum atomic E-state index is 11.8. The van der Waals surface area contributed by atoms with Crippen LogP contribution in [-0.2, 0) is 10.0 Å². The first-order valence-corrected chi connectivity index (χ1v) is 7.41. The van der Waals surface area contributed by atoms with Gasteiger partial charge in [0.05, 0.1) is 5.75 Å². The number of aliphatic hydroxyl groups excluding tert-OH is 1. The summed E-state index contributed by atoms with van der Waals surface area (Å²) in [4.78, 5) is 2.28. The molecule has 1 N–H and O–H groups in total. The van der Waals surface area contributed by atoms with Crippen molar-refractivity contribution >= 4 is 10.0 Å². The topological polar surface area (TPSA) is 60.9 Å². The zero-order chi connectivity index (χ0) is 12.2. The Bertz CT molecular complexity index is 295. The second kappa shape index (κ2) is 5.95. The third-order valence-corrected chi connectivity index (χ3v) is 4.91. The fourth-order valence-electron chi connectivity index (χ4n) is 1.87. The van der Waals surface area contributed by atoms with Crippen LogP contribution in [0.4, 0.5) is 0 Å². The lowest BCUT2D eigenvalue weighted by molar-refractivity contribution is 0.154. The summed E-state index contributed by atoms with van der Waals surface area (Å²) in [6.07, 6.45) is 0.326. The van der Waals surface area contributed by atoms with Crippen LogP contribution in [0.25, 0.3) is 0 Å². The van der Waals surface area contributed by atoms with Gasteiger partial charge in [-0.25, -0.2) is 8.42 Å². The van der Waals surface area contributed by atoms with Gasteiger partial charge >= 0.3 is 0 Å². The van der Waals surface area contributed by atoms with Gasteiger partial charge in [0.15, 0.2) is 0 Å². The van der Waals surface area contributed by atoms with Gasteiger partial charge in [0.25, 0.3) is 0 Å². The van der Waals surface area contributed by atoms with Gasteiger partial charge in [-0.15, -0.1) is 0 Å². The maximum Gasteiger partial charge on any atom is 0.214 e. The van der Waals surface area contributed by atoms with Crippen molar-refractivity contribution in [2.45, 2.75) is 26.3 Å². The molecule has 0 aromatic carbocycles. The van der Waals surface area contributed by atoms with Crippen molar-refractivity contribution in [3.05, 3.63) is 0 Å². The summed E-state index contributed by atoms with van der Waals surface area (Å²) in [7, 11) is -3.15. The Hall–Kier alpha value is -0.170. The van der Waals surface area contributed by atoms with Gasteiger partial charge in [0.2, 0.25) is 10.0 Å². The lowest BCUT2D eigenvalue weighted by Crippen LogP contribution is -2.51. The number of nitrogens with zero attached hydrogens (tertiary/aromatic N) is 2. The number of aliphatic hydroxyl groups is 1. The highest BCUT2D eigenvalue weighted by Gasteiger charge is 2.26. The Morgan fingerprint density at radius 1 is 1.19 bits per heavy atom. The molecule has 0 bridgehead atoms. The van der Waals surface area contributed by atoms with Crippen LogP contribution in [0.1, 0.15) is 20.3 Å². The normalized spacial score (nSPS) is 20.5. The van der Waals surface area contributed by atoms with Crippen LogP contribution in [0, 0.1) is 0 Å². The van der Waals surface area contributed by atoms with Gasteiger partial charge in [-0.05, 0) is 20.3 Å². The van der Waals surface area contributed by atoms with Crippen LogP contribution in [-0.4, -0.2) is 67.3 Å². The molecule has 0 unspecified atom stereocenters. The predicted octanol–water partition coefficient (Wildman–Crippen LogP) is -0.275. The highest BCUT2D eigenvalue weighted by Crippen LogP contribution is 2.10. The largest absolute Gasteiger partial charge is 0.396 e. The number of piperazine rings is 1. The van der Waals surface area contributed by atoms with Gasteiger partial charge in [0.1, 0.15) is 0 Å². The first-order chi connectivity index (χ1) is 7.47. The quantitative estimate of drug-likeness (QED) is 0.729. The van der Waals surface area contributed by atoms with Crippen molar-refractivity contribution in [3.63, 3.8) is 0 Å². The summed E-state index contributed by atoms with van der Waals surface area (Å²) in [5.41, 5.74) is 0. The molecule has 16 heavy (non-hydrogen) atoms. The van der Waals surface area contributed by atoms with Crippen LogP contribution >= 0.6 is 0 Å². The lowest BCUT2D eigenvalue weighted by atomic mass is 10.3. The number of rotatable bonds is 5. The molecule has 0 aromatic rings. The monoisotopic (exact) mass is 250 g/mol. The molecule has 96 valence electrons. The molecule has 0 saturated carbocycles. The molecule has 6 heteroatoms. The lowest BCUT2D eigenvalue weighted by Gasteiger charge is -2.36. The second-order valence-electron chi connectivity index (χ2n) is 4.42. The van der Waals surface area contributed by atoms with Crippen molar-refractivity contribution in [2.24, 2.45) is 0 Å². The molecule has 0 aliphatic carbocycles. The standard InChI is InChI=1S/C10H22N2O3S/c1-10(2)11-4-6-12(7-5-11)16(14,15)9-3-8-13/h10,13H,3-9H2,1-2H3. The smallest absolute Gasteiger partial charge is 0.214 e. The Kier molecular flexibility index (Phi) is 5.17. The third-order valence-electron chi connectivity index (χ3n) is 2.96. The molecule has 0 spiro atoms. The third kappa shape index (κ3) is 3.69. The minimum absolute atomic E-state index is 0.0607. The molecule has 1 aliphatic heterocycles. The summed E-state index contributed by atoms with van der Waals surface area (Å²) < 4.78 is 25.2. The molecule has 1 aliphatic rings. The van der Waals surface area contributed by atoms with Crippen molar-refractivity contribution in [1.29, 1.82) is 0 Å². The molecule has 0 aromatic heterocycles. The summed E-state index contributed by atoms with van der Waals surface area (Å²) in [6.45, 7) is 6.93. The number of hydrogen-bond acceptors (Lipinski definition) is 4. The molecular weight excluding hydrogens is 228 g/mol. The van der Waals surface area contributed by atoms with Gasteiger partial charge < -0.3 is 5.11 Å². The zero-order valence-corrected chi connectivity index (χ0v) is 10.9. The fourth-order valence-corrected chi connectivity index (χ4v) is 3.35. The van der Waals surface area contributed by atoms with E-state index >= 15 is 0 Å². The minimum Gasteiger partial charge on any atom is -0.396 e. The Morgan fingerprint density at radius 2 is 1.75 bits per heavy atom. The number of sulfonamides is 1. The molecule has 0 atom stereocenters. The van der Waals surface area contributed by atoms with E-state index in [1.54, 1.807) is 4.31 Å². The minimum atomic E-state index is -3.15. The Balaban J connectivity index is 2.47. The van der Waals surface area contributed by atoms with E-state index < -0.39 is 10.0 Å². The predicted molar refractivity (Wildman–Crippen MR) is 63.8 cm³/mol. The van der Waals surface area contributed by atoms with Crippen molar-refractivity contribution in [2.75, 3.05) is 38.5 Å². The molecule has 1 heterocycles. The van der Waals surface area contributed by atoms with Gasteiger partial charge in [-0.1, -0.05) is 0 Å². The zero-order valence-electron chi connectivity index (χ0n) is 10.1. The molecular formula is C10H22N2O3S.